The molecule has 0 aliphatic heterocycles. The average molecular weight is 360 g/mol. The van der Waals surface area contributed by atoms with Crippen molar-refractivity contribution in [3.63, 3.8) is 0 Å². The molecule has 0 bridgehead atoms. The van der Waals surface area contributed by atoms with Crippen molar-refractivity contribution in [1.29, 1.82) is 5.26 Å². The van der Waals surface area contributed by atoms with Gasteiger partial charge in [0, 0.05) is 24.3 Å². The zero-order valence-corrected chi connectivity index (χ0v) is 16.0. The number of likely N-dealkylation sites (N-methyl/N-ethyl adjacent to an activating group) is 1. The van der Waals surface area contributed by atoms with Gasteiger partial charge in [-0.1, -0.05) is 18.2 Å². The molecule has 0 amide bonds. The standard InChI is InChI=1S/C22H24N4O/c1-17-22(18(2)26(24-17)20-7-5-4-6-8-20)16-25(3)13-14-27-21-11-9-19(15-23)10-12-21/h4-12H,13-14,16H2,1-3H3. The molecule has 5 nitrogen and oxygen atoms in total. The van der Waals surface area contributed by atoms with E-state index in [2.05, 4.69) is 44.0 Å². The fraction of sp³-hybridized carbons (Fsp3) is 0.273. The summed E-state index contributed by atoms with van der Waals surface area (Å²) in [6.07, 6.45) is 0. The Bertz CT molecular complexity index is 923. The van der Waals surface area contributed by atoms with Crippen LogP contribution >= 0.6 is 0 Å². The van der Waals surface area contributed by atoms with E-state index in [1.54, 1.807) is 12.1 Å². The van der Waals surface area contributed by atoms with Crippen molar-refractivity contribution in [3.05, 3.63) is 77.1 Å². The van der Waals surface area contributed by atoms with Gasteiger partial charge in [0.1, 0.15) is 12.4 Å². The average Bonchev–Trinajstić information content (AvgIpc) is 2.97. The van der Waals surface area contributed by atoms with Gasteiger partial charge in [-0.2, -0.15) is 10.4 Å². The molecule has 0 spiro atoms. The number of hydrogen-bond donors (Lipinski definition) is 0. The van der Waals surface area contributed by atoms with Crippen LogP contribution in [-0.2, 0) is 6.54 Å². The van der Waals surface area contributed by atoms with Gasteiger partial charge in [-0.25, -0.2) is 4.68 Å². The molecule has 2 aromatic carbocycles. The van der Waals surface area contributed by atoms with Crippen LogP contribution in [0.4, 0.5) is 0 Å². The molecule has 138 valence electrons. The summed E-state index contributed by atoms with van der Waals surface area (Å²) < 4.78 is 7.78. The van der Waals surface area contributed by atoms with Gasteiger partial charge in [-0.3, -0.25) is 4.90 Å². The number of ether oxygens (including phenoxy) is 1. The molecule has 1 aromatic heterocycles. The predicted octanol–water partition coefficient (Wildman–Crippen LogP) is 3.87. The van der Waals surface area contributed by atoms with Crippen molar-refractivity contribution in [2.24, 2.45) is 0 Å². The van der Waals surface area contributed by atoms with Crippen molar-refractivity contribution in [2.75, 3.05) is 20.2 Å². The van der Waals surface area contributed by atoms with Crippen LogP contribution in [0.5, 0.6) is 5.75 Å². The Morgan fingerprint density at radius 3 is 2.44 bits per heavy atom. The largest absolute Gasteiger partial charge is 0.492 e. The minimum atomic E-state index is 0.591. The molecular weight excluding hydrogens is 336 g/mol. The first kappa shape index (κ1) is 18.7. The molecule has 1 heterocycles. The molecule has 0 atom stereocenters. The second-order valence-corrected chi connectivity index (χ2v) is 6.62. The van der Waals surface area contributed by atoms with Crippen molar-refractivity contribution >= 4 is 0 Å². The molecule has 0 saturated carbocycles. The first-order valence-corrected chi connectivity index (χ1v) is 9.00. The van der Waals surface area contributed by atoms with Crippen molar-refractivity contribution < 1.29 is 4.74 Å². The molecular formula is C22H24N4O. The highest BCUT2D eigenvalue weighted by Gasteiger charge is 2.14. The van der Waals surface area contributed by atoms with Crippen LogP contribution in [-0.4, -0.2) is 34.9 Å². The van der Waals surface area contributed by atoms with Crippen LogP contribution in [0.15, 0.2) is 54.6 Å². The Balaban J connectivity index is 1.58. The summed E-state index contributed by atoms with van der Waals surface area (Å²) in [5, 5.41) is 13.5. The van der Waals surface area contributed by atoms with E-state index in [9.17, 15) is 0 Å². The normalized spacial score (nSPS) is 10.8. The van der Waals surface area contributed by atoms with Gasteiger partial charge in [-0.15, -0.1) is 0 Å². The van der Waals surface area contributed by atoms with E-state index in [1.165, 1.54) is 11.3 Å². The van der Waals surface area contributed by atoms with Gasteiger partial charge >= 0.3 is 0 Å². The zero-order valence-electron chi connectivity index (χ0n) is 16.0. The van der Waals surface area contributed by atoms with Gasteiger partial charge in [0.05, 0.1) is 23.0 Å². The minimum absolute atomic E-state index is 0.591. The molecule has 3 rings (SSSR count). The summed E-state index contributed by atoms with van der Waals surface area (Å²) in [6, 6.07) is 19.5. The highest BCUT2D eigenvalue weighted by Crippen LogP contribution is 2.19. The van der Waals surface area contributed by atoms with E-state index in [0.717, 1.165) is 30.2 Å². The molecule has 0 N–H and O–H groups in total. The Morgan fingerprint density at radius 2 is 1.78 bits per heavy atom. The third kappa shape index (κ3) is 4.55. The molecule has 0 aliphatic rings. The summed E-state index contributed by atoms with van der Waals surface area (Å²) in [5.74, 6) is 0.784. The van der Waals surface area contributed by atoms with E-state index in [4.69, 9.17) is 15.1 Å². The molecule has 5 heteroatoms. The molecule has 0 fully saturated rings. The van der Waals surface area contributed by atoms with E-state index in [1.807, 2.05) is 35.0 Å². The maximum absolute atomic E-state index is 8.83. The summed E-state index contributed by atoms with van der Waals surface area (Å²) in [5.41, 5.74) is 5.19. The van der Waals surface area contributed by atoms with Crippen molar-refractivity contribution in [1.82, 2.24) is 14.7 Å². The Kier molecular flexibility index (Phi) is 5.90. The first-order chi connectivity index (χ1) is 13.1. The van der Waals surface area contributed by atoms with Gasteiger partial charge in [0.25, 0.3) is 0 Å². The number of hydrogen-bond acceptors (Lipinski definition) is 4. The zero-order chi connectivity index (χ0) is 19.2. The Labute approximate surface area is 160 Å². The third-order valence-electron chi connectivity index (χ3n) is 4.60. The summed E-state index contributed by atoms with van der Waals surface area (Å²) in [7, 11) is 2.08. The second kappa shape index (κ2) is 8.52. The lowest BCUT2D eigenvalue weighted by atomic mass is 10.2. The maximum atomic E-state index is 8.83. The number of aromatic nitrogens is 2. The number of rotatable bonds is 7. The fourth-order valence-corrected chi connectivity index (χ4v) is 3.02. The molecule has 3 aromatic rings. The number of nitriles is 1. The van der Waals surface area contributed by atoms with Gasteiger partial charge in [-0.05, 0) is 57.3 Å². The van der Waals surface area contributed by atoms with Crippen LogP contribution in [0, 0.1) is 25.2 Å². The quantitative estimate of drug-likeness (QED) is 0.642. The number of benzene rings is 2. The van der Waals surface area contributed by atoms with Crippen molar-refractivity contribution in [2.45, 2.75) is 20.4 Å². The first-order valence-electron chi connectivity index (χ1n) is 9.00. The summed E-state index contributed by atoms with van der Waals surface area (Å²) in [6.45, 7) is 6.39. The SMILES string of the molecule is Cc1nn(-c2ccccc2)c(C)c1CN(C)CCOc1ccc(C#N)cc1. The molecule has 0 radical (unpaired) electrons. The van der Waals surface area contributed by atoms with Crippen molar-refractivity contribution in [3.8, 4) is 17.5 Å². The topological polar surface area (TPSA) is 54.1 Å². The lowest BCUT2D eigenvalue weighted by Gasteiger charge is -2.17. The molecule has 0 unspecified atom stereocenters. The van der Waals surface area contributed by atoms with E-state index >= 15 is 0 Å². The van der Waals surface area contributed by atoms with Gasteiger partial charge < -0.3 is 4.74 Å². The summed E-state index contributed by atoms with van der Waals surface area (Å²) >= 11 is 0. The fourth-order valence-electron chi connectivity index (χ4n) is 3.02. The lowest BCUT2D eigenvalue weighted by Crippen LogP contribution is -2.24. The maximum Gasteiger partial charge on any atom is 0.119 e. The van der Waals surface area contributed by atoms with Crippen LogP contribution in [0.2, 0.25) is 0 Å². The van der Waals surface area contributed by atoms with Gasteiger partial charge in [0.15, 0.2) is 0 Å². The van der Waals surface area contributed by atoms with Crippen LogP contribution in [0.3, 0.4) is 0 Å². The Morgan fingerprint density at radius 1 is 1.07 bits per heavy atom. The van der Waals surface area contributed by atoms with Crippen LogP contribution < -0.4 is 4.74 Å². The van der Waals surface area contributed by atoms with E-state index in [0.29, 0.717) is 12.2 Å². The van der Waals surface area contributed by atoms with Gasteiger partial charge in [0.2, 0.25) is 0 Å². The smallest absolute Gasteiger partial charge is 0.119 e. The second-order valence-electron chi connectivity index (χ2n) is 6.62. The van der Waals surface area contributed by atoms with E-state index in [-0.39, 0.29) is 0 Å². The number of para-hydroxylation sites is 1. The molecule has 0 saturated heterocycles. The predicted molar refractivity (Wildman–Crippen MR) is 106 cm³/mol. The highest BCUT2D eigenvalue weighted by molar-refractivity contribution is 5.37. The van der Waals surface area contributed by atoms with Crippen LogP contribution in [0.1, 0.15) is 22.5 Å². The lowest BCUT2D eigenvalue weighted by molar-refractivity contribution is 0.232. The van der Waals surface area contributed by atoms with Crippen LogP contribution in [0.25, 0.3) is 5.69 Å². The minimum Gasteiger partial charge on any atom is -0.492 e. The number of aryl methyl sites for hydroxylation is 1. The molecule has 0 aliphatic carbocycles. The highest BCUT2D eigenvalue weighted by atomic mass is 16.5. The molecule has 27 heavy (non-hydrogen) atoms. The van der Waals surface area contributed by atoms with E-state index < -0.39 is 0 Å². The third-order valence-corrected chi connectivity index (χ3v) is 4.60. The Hall–Kier alpha value is -3.10. The number of nitrogens with zero attached hydrogens (tertiary/aromatic N) is 4. The summed E-state index contributed by atoms with van der Waals surface area (Å²) in [4.78, 5) is 2.23. The monoisotopic (exact) mass is 360 g/mol.